The van der Waals surface area contributed by atoms with Gasteiger partial charge in [-0.1, -0.05) is 32.6 Å². The van der Waals surface area contributed by atoms with Crippen LogP contribution in [-0.4, -0.2) is 36.0 Å². The highest BCUT2D eigenvalue weighted by Crippen LogP contribution is 2.30. The zero-order valence-corrected chi connectivity index (χ0v) is 15.7. The lowest BCUT2D eigenvalue weighted by Crippen LogP contribution is -2.50. The second kappa shape index (κ2) is 9.21. The lowest BCUT2D eigenvalue weighted by Gasteiger charge is -2.30. The van der Waals surface area contributed by atoms with Crippen molar-refractivity contribution < 1.29 is 14.0 Å². The van der Waals surface area contributed by atoms with Crippen molar-refractivity contribution in [3.8, 4) is 0 Å². The number of carbonyl (C=O) groups excluding carboxylic acids is 2. The summed E-state index contributed by atoms with van der Waals surface area (Å²) in [4.78, 5) is 26.8. The minimum atomic E-state index is -0.363. The van der Waals surface area contributed by atoms with Crippen molar-refractivity contribution in [2.45, 2.75) is 70.4 Å². The Morgan fingerprint density at radius 1 is 1.15 bits per heavy atom. The predicted octanol–water partition coefficient (Wildman–Crippen LogP) is 3.60. The van der Waals surface area contributed by atoms with Gasteiger partial charge in [0, 0.05) is 6.04 Å². The van der Waals surface area contributed by atoms with Crippen LogP contribution in [-0.2, 0) is 4.79 Å². The van der Waals surface area contributed by atoms with E-state index in [4.69, 9.17) is 4.42 Å². The van der Waals surface area contributed by atoms with Crippen LogP contribution in [0.2, 0.25) is 0 Å². The van der Waals surface area contributed by atoms with Crippen molar-refractivity contribution in [2.75, 3.05) is 13.1 Å². The molecule has 2 aliphatic rings. The van der Waals surface area contributed by atoms with Crippen LogP contribution in [0.5, 0.6) is 0 Å². The lowest BCUT2D eigenvalue weighted by atomic mass is 9.86. The number of hydrogen-bond acceptors (Lipinski definition) is 4. The molecule has 3 unspecified atom stereocenters. The van der Waals surface area contributed by atoms with Crippen molar-refractivity contribution in [1.29, 1.82) is 0 Å². The Labute approximate surface area is 155 Å². The summed E-state index contributed by atoms with van der Waals surface area (Å²) in [6, 6.07) is 3.78. The van der Waals surface area contributed by atoms with Crippen LogP contribution in [0.25, 0.3) is 0 Å². The Morgan fingerprint density at radius 3 is 2.73 bits per heavy atom. The standard InChI is InChI=1S/C20H31N3O3/c1-15-8-4-5-9-16(15)21-20(25)22-19(24)14-23-12-6-2-3-10-17(23)18-11-7-13-26-18/h7,11,13,15-17H,2-6,8-10,12,14H2,1H3,(H2,21,22,24,25). The Hall–Kier alpha value is -1.82. The number of nitrogens with zero attached hydrogens (tertiary/aromatic N) is 1. The van der Waals surface area contributed by atoms with E-state index < -0.39 is 0 Å². The molecule has 1 aliphatic carbocycles. The van der Waals surface area contributed by atoms with E-state index in [2.05, 4.69) is 22.5 Å². The quantitative estimate of drug-likeness (QED) is 0.859. The predicted molar refractivity (Wildman–Crippen MR) is 99.6 cm³/mol. The first-order valence-corrected chi connectivity index (χ1v) is 10.0. The fourth-order valence-corrected chi connectivity index (χ4v) is 4.25. The molecule has 2 N–H and O–H groups in total. The SMILES string of the molecule is CC1CCCCC1NC(=O)NC(=O)CN1CCCCCC1c1ccco1. The highest BCUT2D eigenvalue weighted by atomic mass is 16.3. The smallest absolute Gasteiger partial charge is 0.321 e. The maximum Gasteiger partial charge on any atom is 0.321 e. The molecule has 6 heteroatoms. The molecule has 3 amide bonds. The van der Waals surface area contributed by atoms with E-state index in [-0.39, 0.29) is 30.6 Å². The Balaban J connectivity index is 1.52. The van der Waals surface area contributed by atoms with E-state index in [9.17, 15) is 9.59 Å². The Morgan fingerprint density at radius 2 is 1.96 bits per heavy atom. The molecule has 2 heterocycles. The van der Waals surface area contributed by atoms with Gasteiger partial charge in [-0.25, -0.2) is 4.79 Å². The Bertz CT molecular complexity index is 587. The van der Waals surface area contributed by atoms with E-state index in [1.54, 1.807) is 6.26 Å². The van der Waals surface area contributed by atoms with E-state index in [1.807, 2.05) is 12.1 Å². The molecule has 1 saturated carbocycles. The summed E-state index contributed by atoms with van der Waals surface area (Å²) in [5.74, 6) is 1.13. The topological polar surface area (TPSA) is 74.6 Å². The van der Waals surface area contributed by atoms with Gasteiger partial charge in [0.1, 0.15) is 5.76 Å². The average molecular weight is 361 g/mol. The van der Waals surface area contributed by atoms with E-state index in [0.29, 0.717) is 5.92 Å². The first kappa shape index (κ1) is 19.0. The van der Waals surface area contributed by atoms with Gasteiger partial charge in [-0.15, -0.1) is 0 Å². The summed E-state index contributed by atoms with van der Waals surface area (Å²) in [5.41, 5.74) is 0. The van der Waals surface area contributed by atoms with Crippen LogP contribution >= 0.6 is 0 Å². The third-order valence-electron chi connectivity index (χ3n) is 5.76. The summed E-state index contributed by atoms with van der Waals surface area (Å²) in [6.07, 6.45) is 10.5. The van der Waals surface area contributed by atoms with Gasteiger partial charge in [-0.05, 0) is 50.3 Å². The molecule has 0 aromatic carbocycles. The molecule has 1 aliphatic heterocycles. The molecule has 1 saturated heterocycles. The van der Waals surface area contributed by atoms with Gasteiger partial charge in [-0.2, -0.15) is 0 Å². The molecule has 3 rings (SSSR count). The van der Waals surface area contributed by atoms with Crippen LogP contribution in [0.1, 0.15) is 70.1 Å². The fraction of sp³-hybridized carbons (Fsp3) is 0.700. The van der Waals surface area contributed by atoms with E-state index in [1.165, 1.54) is 6.42 Å². The van der Waals surface area contributed by atoms with Crippen molar-refractivity contribution in [2.24, 2.45) is 5.92 Å². The largest absolute Gasteiger partial charge is 0.468 e. The molecule has 26 heavy (non-hydrogen) atoms. The molecule has 3 atom stereocenters. The van der Waals surface area contributed by atoms with Crippen LogP contribution in [0.3, 0.4) is 0 Å². The minimum absolute atomic E-state index is 0.111. The van der Waals surface area contributed by atoms with Gasteiger partial charge in [0.25, 0.3) is 0 Å². The Kier molecular flexibility index (Phi) is 6.72. The summed E-state index contributed by atoms with van der Waals surface area (Å²) < 4.78 is 5.58. The molecule has 1 aromatic rings. The average Bonchev–Trinajstić information content (AvgIpc) is 3.04. The second-order valence-electron chi connectivity index (χ2n) is 7.74. The van der Waals surface area contributed by atoms with Crippen molar-refractivity contribution in [1.82, 2.24) is 15.5 Å². The summed E-state index contributed by atoms with van der Waals surface area (Å²) >= 11 is 0. The first-order chi connectivity index (χ1) is 12.6. The van der Waals surface area contributed by atoms with Gasteiger partial charge in [0.05, 0.1) is 18.8 Å². The number of amides is 3. The molecule has 2 fully saturated rings. The molecule has 144 valence electrons. The monoisotopic (exact) mass is 361 g/mol. The number of carbonyl (C=O) groups is 2. The van der Waals surface area contributed by atoms with Gasteiger partial charge in [0.2, 0.25) is 5.91 Å². The van der Waals surface area contributed by atoms with Gasteiger partial charge in [0.15, 0.2) is 0 Å². The summed E-state index contributed by atoms with van der Waals surface area (Å²) in [5, 5.41) is 5.50. The third-order valence-corrected chi connectivity index (χ3v) is 5.76. The maximum atomic E-state index is 12.4. The normalized spacial score (nSPS) is 27.5. The van der Waals surface area contributed by atoms with Gasteiger partial charge in [-0.3, -0.25) is 15.0 Å². The number of rotatable bonds is 4. The highest BCUT2D eigenvalue weighted by Gasteiger charge is 2.28. The molecule has 0 radical (unpaired) electrons. The number of imide groups is 1. The number of furan rings is 1. The molecular formula is C20H31N3O3. The second-order valence-corrected chi connectivity index (χ2v) is 7.74. The highest BCUT2D eigenvalue weighted by molar-refractivity contribution is 5.95. The first-order valence-electron chi connectivity index (χ1n) is 10.0. The van der Waals surface area contributed by atoms with E-state index in [0.717, 1.165) is 57.3 Å². The molecule has 6 nitrogen and oxygen atoms in total. The lowest BCUT2D eigenvalue weighted by molar-refractivity contribution is -0.121. The number of nitrogens with one attached hydrogen (secondary N) is 2. The molecule has 0 spiro atoms. The zero-order valence-electron chi connectivity index (χ0n) is 15.7. The fourth-order valence-electron chi connectivity index (χ4n) is 4.25. The number of hydrogen-bond donors (Lipinski definition) is 2. The van der Waals surface area contributed by atoms with Crippen molar-refractivity contribution in [3.05, 3.63) is 24.2 Å². The molecular weight excluding hydrogens is 330 g/mol. The number of urea groups is 1. The summed E-state index contributed by atoms with van der Waals surface area (Å²) in [7, 11) is 0. The third kappa shape index (κ3) is 5.10. The van der Waals surface area contributed by atoms with Gasteiger partial charge >= 0.3 is 6.03 Å². The molecule has 0 bridgehead atoms. The van der Waals surface area contributed by atoms with Crippen LogP contribution < -0.4 is 10.6 Å². The van der Waals surface area contributed by atoms with Crippen LogP contribution in [0, 0.1) is 5.92 Å². The zero-order chi connectivity index (χ0) is 18.4. The van der Waals surface area contributed by atoms with Crippen molar-refractivity contribution >= 4 is 11.9 Å². The van der Waals surface area contributed by atoms with E-state index >= 15 is 0 Å². The minimum Gasteiger partial charge on any atom is -0.468 e. The maximum absolute atomic E-state index is 12.4. The summed E-state index contributed by atoms with van der Waals surface area (Å²) in [6.45, 7) is 3.23. The van der Waals surface area contributed by atoms with Crippen molar-refractivity contribution in [3.63, 3.8) is 0 Å². The van der Waals surface area contributed by atoms with Crippen LogP contribution in [0.15, 0.2) is 22.8 Å². The molecule has 1 aromatic heterocycles. The number of likely N-dealkylation sites (tertiary alicyclic amines) is 1. The van der Waals surface area contributed by atoms with Crippen LogP contribution in [0.4, 0.5) is 4.79 Å². The van der Waals surface area contributed by atoms with Gasteiger partial charge < -0.3 is 9.73 Å².